The fraction of sp³-hybridized carbons (Fsp3) is 0.643. The molecule has 16 heavy (non-hydrogen) atoms. The lowest BCUT2D eigenvalue weighted by Crippen LogP contribution is -2.34. The molecule has 0 heterocycles. The minimum absolute atomic E-state index is 0.236. The number of nitrogens with one attached hydrogen (secondary N) is 1. The van der Waals surface area contributed by atoms with Crippen LogP contribution in [0.5, 0.6) is 0 Å². The second-order valence-corrected chi connectivity index (χ2v) is 4.06. The molecule has 0 aromatic rings. The zero-order valence-electron chi connectivity index (χ0n) is 10.8. The van der Waals surface area contributed by atoms with Crippen LogP contribution in [-0.2, 0) is 0 Å². The van der Waals surface area contributed by atoms with E-state index in [4.69, 9.17) is 0 Å². The monoisotopic (exact) mass is 222 g/mol. The van der Waals surface area contributed by atoms with Crippen LogP contribution >= 0.6 is 0 Å². The predicted octanol–water partition coefficient (Wildman–Crippen LogP) is 3.56. The van der Waals surface area contributed by atoms with Gasteiger partial charge in [-0.3, -0.25) is 10.3 Å². The molecule has 2 nitrogen and oxygen atoms in total. The molecule has 0 rings (SSSR count). The molecule has 0 aliphatic rings. The summed E-state index contributed by atoms with van der Waals surface area (Å²) in [5.41, 5.74) is 0. The van der Waals surface area contributed by atoms with Gasteiger partial charge in [0.05, 0.1) is 0 Å². The van der Waals surface area contributed by atoms with Crippen molar-refractivity contribution in [1.29, 1.82) is 0 Å². The molecule has 0 saturated carbocycles. The predicted molar refractivity (Wildman–Crippen MR) is 74.0 cm³/mol. The van der Waals surface area contributed by atoms with E-state index in [9.17, 15) is 0 Å². The minimum atomic E-state index is 0.236. The van der Waals surface area contributed by atoms with Gasteiger partial charge in [0, 0.05) is 12.8 Å². The van der Waals surface area contributed by atoms with Gasteiger partial charge in [0.1, 0.15) is 6.17 Å². The molecule has 2 atom stereocenters. The Hall–Kier alpha value is -0.890. The van der Waals surface area contributed by atoms with Crippen LogP contribution in [0.1, 0.15) is 39.5 Å². The second kappa shape index (κ2) is 10.6. The highest BCUT2D eigenvalue weighted by molar-refractivity contribution is 5.56. The van der Waals surface area contributed by atoms with Crippen LogP contribution in [-0.4, -0.2) is 18.9 Å². The van der Waals surface area contributed by atoms with Crippen molar-refractivity contribution >= 4 is 6.21 Å². The van der Waals surface area contributed by atoms with Crippen molar-refractivity contribution in [3.63, 3.8) is 0 Å². The Morgan fingerprint density at radius 3 is 2.50 bits per heavy atom. The highest BCUT2D eigenvalue weighted by Gasteiger charge is 2.13. The van der Waals surface area contributed by atoms with Crippen molar-refractivity contribution in [3.8, 4) is 0 Å². The van der Waals surface area contributed by atoms with Crippen LogP contribution in [0.2, 0.25) is 0 Å². The first kappa shape index (κ1) is 15.1. The number of allylic oxidation sites excluding steroid dienone is 1. The van der Waals surface area contributed by atoms with Gasteiger partial charge in [0.2, 0.25) is 0 Å². The SMILES string of the molecule is C=CCCNC(N=CCC)C(C)CCC=C. The molecule has 0 saturated heterocycles. The van der Waals surface area contributed by atoms with E-state index in [0.717, 1.165) is 32.2 Å². The zero-order chi connectivity index (χ0) is 12.2. The molecule has 0 aliphatic carbocycles. The summed E-state index contributed by atoms with van der Waals surface area (Å²) in [5, 5.41) is 3.46. The number of rotatable bonds is 10. The van der Waals surface area contributed by atoms with Crippen molar-refractivity contribution in [1.82, 2.24) is 5.32 Å². The second-order valence-electron chi connectivity index (χ2n) is 4.06. The molecule has 2 unspecified atom stereocenters. The van der Waals surface area contributed by atoms with Gasteiger partial charge in [-0.15, -0.1) is 13.2 Å². The van der Waals surface area contributed by atoms with Crippen LogP contribution in [0, 0.1) is 5.92 Å². The van der Waals surface area contributed by atoms with Gasteiger partial charge in [0.15, 0.2) is 0 Å². The smallest absolute Gasteiger partial charge is 0.102 e. The van der Waals surface area contributed by atoms with E-state index in [1.165, 1.54) is 0 Å². The number of aliphatic imine (C=N–C) groups is 1. The van der Waals surface area contributed by atoms with Crippen molar-refractivity contribution in [2.75, 3.05) is 6.54 Å². The van der Waals surface area contributed by atoms with Crippen LogP contribution in [0.4, 0.5) is 0 Å². The van der Waals surface area contributed by atoms with E-state index in [1.807, 2.05) is 18.4 Å². The Morgan fingerprint density at radius 1 is 1.25 bits per heavy atom. The van der Waals surface area contributed by atoms with Gasteiger partial charge in [-0.25, -0.2) is 0 Å². The molecular formula is C14H26N2. The highest BCUT2D eigenvalue weighted by Crippen LogP contribution is 2.12. The third-order valence-electron chi connectivity index (χ3n) is 2.52. The molecule has 0 aliphatic heterocycles. The standard InChI is InChI=1S/C14H26N2/c1-5-8-10-13(4)14(15-11-7-3)16-12-9-6-2/h5-6,11,13-14,16H,1-2,7-10,12H2,3-4H3. The molecule has 0 aromatic heterocycles. The van der Waals surface area contributed by atoms with Gasteiger partial charge in [-0.2, -0.15) is 0 Å². The Bertz CT molecular complexity index is 209. The van der Waals surface area contributed by atoms with Crippen molar-refractivity contribution < 1.29 is 0 Å². The quantitative estimate of drug-likeness (QED) is 0.341. The van der Waals surface area contributed by atoms with Gasteiger partial charge < -0.3 is 0 Å². The number of hydrogen-bond donors (Lipinski definition) is 1. The first-order chi connectivity index (χ1) is 7.76. The molecular weight excluding hydrogens is 196 g/mol. The van der Waals surface area contributed by atoms with Crippen molar-refractivity contribution in [2.45, 2.75) is 45.7 Å². The Morgan fingerprint density at radius 2 is 1.94 bits per heavy atom. The van der Waals surface area contributed by atoms with Crippen LogP contribution < -0.4 is 5.32 Å². The summed E-state index contributed by atoms with van der Waals surface area (Å²) in [7, 11) is 0. The molecule has 0 bridgehead atoms. The van der Waals surface area contributed by atoms with Crippen LogP contribution in [0.25, 0.3) is 0 Å². The fourth-order valence-corrected chi connectivity index (χ4v) is 1.49. The molecule has 0 aromatic carbocycles. The van der Waals surface area contributed by atoms with Gasteiger partial charge in [-0.05, 0) is 31.6 Å². The molecule has 0 amide bonds. The lowest BCUT2D eigenvalue weighted by atomic mass is 10.0. The van der Waals surface area contributed by atoms with E-state index in [1.54, 1.807) is 0 Å². The maximum Gasteiger partial charge on any atom is 0.102 e. The molecule has 92 valence electrons. The van der Waals surface area contributed by atoms with E-state index in [-0.39, 0.29) is 6.17 Å². The lowest BCUT2D eigenvalue weighted by Gasteiger charge is -2.21. The number of nitrogens with zero attached hydrogens (tertiary/aromatic N) is 1. The van der Waals surface area contributed by atoms with Gasteiger partial charge in [-0.1, -0.05) is 26.0 Å². The Kier molecular flexibility index (Phi) is 10.0. The highest BCUT2D eigenvalue weighted by atomic mass is 15.1. The first-order valence-corrected chi connectivity index (χ1v) is 6.23. The van der Waals surface area contributed by atoms with Crippen LogP contribution in [0.15, 0.2) is 30.3 Å². The molecule has 2 heteroatoms. The molecule has 1 N–H and O–H groups in total. The minimum Gasteiger partial charge on any atom is -0.295 e. The van der Waals surface area contributed by atoms with Gasteiger partial charge >= 0.3 is 0 Å². The lowest BCUT2D eigenvalue weighted by molar-refractivity contribution is 0.373. The topological polar surface area (TPSA) is 24.4 Å². The van der Waals surface area contributed by atoms with Crippen molar-refractivity contribution in [2.24, 2.45) is 10.9 Å². The average molecular weight is 222 g/mol. The summed E-state index contributed by atoms with van der Waals surface area (Å²) >= 11 is 0. The van der Waals surface area contributed by atoms with Crippen molar-refractivity contribution in [3.05, 3.63) is 25.3 Å². The zero-order valence-corrected chi connectivity index (χ0v) is 10.8. The maximum absolute atomic E-state index is 4.56. The summed E-state index contributed by atoms with van der Waals surface area (Å²) < 4.78 is 0. The van der Waals surface area contributed by atoms with Gasteiger partial charge in [0.25, 0.3) is 0 Å². The largest absolute Gasteiger partial charge is 0.295 e. The van der Waals surface area contributed by atoms with E-state index >= 15 is 0 Å². The summed E-state index contributed by atoms with van der Waals surface area (Å²) in [6.45, 7) is 12.8. The molecule has 0 radical (unpaired) electrons. The Labute approximate surface area is 101 Å². The maximum atomic E-state index is 4.56. The summed E-state index contributed by atoms with van der Waals surface area (Å²) in [5.74, 6) is 0.547. The third kappa shape index (κ3) is 7.41. The summed E-state index contributed by atoms with van der Waals surface area (Å²) in [6.07, 6.45) is 10.3. The summed E-state index contributed by atoms with van der Waals surface area (Å²) in [4.78, 5) is 4.56. The first-order valence-electron chi connectivity index (χ1n) is 6.23. The number of hydrogen-bond acceptors (Lipinski definition) is 2. The average Bonchev–Trinajstić information content (AvgIpc) is 2.30. The van der Waals surface area contributed by atoms with Crippen LogP contribution in [0.3, 0.4) is 0 Å². The molecule has 0 fully saturated rings. The summed E-state index contributed by atoms with van der Waals surface area (Å²) in [6, 6.07) is 0. The van der Waals surface area contributed by atoms with E-state index in [2.05, 4.69) is 37.3 Å². The Balaban J connectivity index is 4.10. The van der Waals surface area contributed by atoms with E-state index in [0.29, 0.717) is 5.92 Å². The fourth-order valence-electron chi connectivity index (χ4n) is 1.49. The molecule has 0 spiro atoms. The third-order valence-corrected chi connectivity index (χ3v) is 2.52. The normalized spacial score (nSPS) is 14.9. The van der Waals surface area contributed by atoms with E-state index < -0.39 is 0 Å².